The number of carbonyl (C=O) groups excluding carboxylic acids is 2. The van der Waals surface area contributed by atoms with Crippen molar-refractivity contribution in [3.05, 3.63) is 0 Å². The smallest absolute Gasteiger partial charge is 0.417 e. The summed E-state index contributed by atoms with van der Waals surface area (Å²) in [5.74, 6) is -1.38. The maximum absolute atomic E-state index is 15.3. The van der Waals surface area contributed by atoms with Crippen molar-refractivity contribution in [3.8, 4) is 0 Å². The molecule has 0 atom stereocenters. The molecular weight excluding hydrogens is 1200 g/mol. The van der Waals surface area contributed by atoms with Crippen molar-refractivity contribution in [2.45, 2.75) is 578 Å². The van der Waals surface area contributed by atoms with Gasteiger partial charge in [-0.1, -0.05) is 466 Å². The Morgan fingerprint density at radius 1 is 0.204 bits per heavy atom. The van der Waals surface area contributed by atoms with E-state index >= 15 is 9.59 Å². The summed E-state index contributed by atoms with van der Waals surface area (Å²) in [6, 6.07) is 0. The molecule has 0 saturated carbocycles. The van der Waals surface area contributed by atoms with Gasteiger partial charge in [-0.2, -0.15) is 0 Å². The number of rotatable bonds is 74. The molecule has 6 nitrogen and oxygen atoms in total. The maximum Gasteiger partial charge on any atom is 0.417 e. The second-order valence-corrected chi connectivity index (χ2v) is 34.0. The molecule has 0 aliphatic carbocycles. The number of unbranched alkanes of at least 4 members (excludes halogenated alkanes) is 56. The predicted octanol–water partition coefficient (Wildman–Crippen LogP) is 30.8. The molecule has 0 aromatic heterocycles. The predicted molar refractivity (Wildman–Crippen MR) is 433 cm³/mol. The van der Waals surface area contributed by atoms with Crippen LogP contribution in [-0.2, 0) is 19.1 Å². The molecule has 582 valence electrons. The Hall–Kier alpha value is -1.14. The molecule has 2 N–H and O–H groups in total. The Morgan fingerprint density at radius 3 is 0.439 bits per heavy atom. The summed E-state index contributed by atoms with van der Waals surface area (Å²) < 4.78 is 14.0. The lowest BCUT2D eigenvalue weighted by atomic mass is 9.69. The van der Waals surface area contributed by atoms with Crippen molar-refractivity contribution in [2.24, 2.45) is 0 Å². The summed E-state index contributed by atoms with van der Waals surface area (Å²) in [5.41, 5.74) is -0.436. The normalized spacial score (nSPS) is 16.1. The van der Waals surface area contributed by atoms with Crippen LogP contribution < -0.4 is 10.6 Å². The maximum atomic E-state index is 15.3. The first kappa shape index (κ1) is 92.9. The van der Waals surface area contributed by atoms with E-state index in [2.05, 4.69) is 55.4 Å². The SMILES string of the molecule is CCCCCCCCCCC1(CCCCCCCCCC)CC(OC(=O)C(=O)OC2CC(CCCCCCCCCC)(CCCCCCCCCC)NC(CCCCCCCCCC)(CCCCCCCCCC)C2)CC(CCCCCCCCCC)(CCCCCCCCCC)N1. The quantitative estimate of drug-likeness (QED) is 0.0359. The molecule has 0 bridgehead atoms. The Morgan fingerprint density at radius 2 is 0.316 bits per heavy atom. The fraction of sp³-hybridized carbons (Fsp3) is 0.978. The number of ether oxygens (including phenoxy) is 2. The summed E-state index contributed by atoms with van der Waals surface area (Å²) in [5, 5.41) is 9.40. The third kappa shape index (κ3) is 48.8. The third-order valence-electron chi connectivity index (χ3n) is 24.3. The first-order valence-electron chi connectivity index (χ1n) is 46.1. The summed E-state index contributed by atoms with van der Waals surface area (Å²) >= 11 is 0. The zero-order valence-corrected chi connectivity index (χ0v) is 68.5. The Balaban J connectivity index is 2.73. The molecule has 0 aromatic carbocycles. The van der Waals surface area contributed by atoms with Gasteiger partial charge in [-0.25, -0.2) is 9.59 Å². The van der Waals surface area contributed by atoms with E-state index in [1.165, 1.54) is 411 Å². The van der Waals surface area contributed by atoms with Gasteiger partial charge in [-0.05, 0) is 51.4 Å². The average Bonchev–Trinajstić information content (AvgIpc) is 0.781. The van der Waals surface area contributed by atoms with E-state index in [4.69, 9.17) is 20.1 Å². The molecule has 0 unspecified atom stereocenters. The molecule has 0 spiro atoms. The van der Waals surface area contributed by atoms with Crippen LogP contribution in [0.25, 0.3) is 0 Å². The molecule has 2 heterocycles. The van der Waals surface area contributed by atoms with Gasteiger partial charge in [0.25, 0.3) is 0 Å². The Kier molecular flexibility index (Phi) is 62.0. The van der Waals surface area contributed by atoms with Crippen molar-refractivity contribution < 1.29 is 19.1 Å². The van der Waals surface area contributed by atoms with Crippen LogP contribution in [0.2, 0.25) is 0 Å². The molecule has 0 aromatic rings. The lowest BCUT2D eigenvalue weighted by Crippen LogP contribution is -2.65. The highest BCUT2D eigenvalue weighted by atomic mass is 16.6. The van der Waals surface area contributed by atoms with Crippen molar-refractivity contribution in [3.63, 3.8) is 0 Å². The molecule has 0 amide bonds. The van der Waals surface area contributed by atoms with E-state index in [9.17, 15) is 0 Å². The minimum absolute atomic E-state index is 0.109. The zero-order valence-electron chi connectivity index (χ0n) is 68.5. The second-order valence-electron chi connectivity index (χ2n) is 34.0. The molecule has 2 fully saturated rings. The van der Waals surface area contributed by atoms with Gasteiger partial charge in [0.05, 0.1) is 0 Å². The van der Waals surface area contributed by atoms with Gasteiger partial charge in [0.15, 0.2) is 0 Å². The van der Waals surface area contributed by atoms with Crippen molar-refractivity contribution >= 4 is 11.9 Å². The highest BCUT2D eigenvalue weighted by molar-refractivity contribution is 6.29. The van der Waals surface area contributed by atoms with E-state index < -0.39 is 11.9 Å². The number of nitrogens with one attached hydrogen (secondary N) is 2. The highest BCUT2D eigenvalue weighted by Gasteiger charge is 2.50. The molecule has 2 saturated heterocycles. The van der Waals surface area contributed by atoms with Crippen LogP contribution in [0.1, 0.15) is 543 Å². The van der Waals surface area contributed by atoms with Crippen LogP contribution in [0.15, 0.2) is 0 Å². The first-order chi connectivity index (χ1) is 48.1. The monoisotopic (exact) mass is 1380 g/mol. The Labute approximate surface area is 616 Å². The lowest BCUT2D eigenvalue weighted by molar-refractivity contribution is -0.180. The molecule has 2 rings (SSSR count). The summed E-state index contributed by atoms with van der Waals surface area (Å²) in [4.78, 5) is 30.6. The fourth-order valence-corrected chi connectivity index (χ4v) is 18.4. The van der Waals surface area contributed by atoms with Gasteiger partial charge >= 0.3 is 11.9 Å². The van der Waals surface area contributed by atoms with Crippen molar-refractivity contribution in [1.29, 1.82) is 0 Å². The van der Waals surface area contributed by atoms with Crippen LogP contribution in [0.3, 0.4) is 0 Å². The van der Waals surface area contributed by atoms with Crippen LogP contribution in [0.5, 0.6) is 0 Å². The number of esters is 2. The van der Waals surface area contributed by atoms with Gasteiger partial charge < -0.3 is 20.1 Å². The van der Waals surface area contributed by atoms with E-state index in [1.54, 1.807) is 0 Å². The van der Waals surface area contributed by atoms with Gasteiger partial charge in [0.2, 0.25) is 0 Å². The van der Waals surface area contributed by atoms with Crippen LogP contribution in [-0.4, -0.2) is 46.3 Å². The van der Waals surface area contributed by atoms with Crippen LogP contribution in [0.4, 0.5) is 0 Å². The molecule has 6 heteroatoms. The molecule has 2 aliphatic rings. The van der Waals surface area contributed by atoms with Gasteiger partial charge in [-0.3, -0.25) is 0 Å². The van der Waals surface area contributed by atoms with Gasteiger partial charge in [0.1, 0.15) is 12.2 Å². The van der Waals surface area contributed by atoms with E-state index in [0.717, 1.165) is 77.0 Å². The molecule has 0 radical (unpaired) electrons. The zero-order chi connectivity index (χ0) is 70.9. The topological polar surface area (TPSA) is 76.7 Å². The average molecular weight is 1380 g/mol. The highest BCUT2D eigenvalue weighted by Crippen LogP contribution is 2.45. The summed E-state index contributed by atoms with van der Waals surface area (Å²) in [6.45, 7) is 18.6. The van der Waals surface area contributed by atoms with E-state index in [-0.39, 0.29) is 34.4 Å². The fourth-order valence-electron chi connectivity index (χ4n) is 18.4. The lowest BCUT2D eigenvalue weighted by Gasteiger charge is -2.53. The first-order valence-corrected chi connectivity index (χ1v) is 46.1. The van der Waals surface area contributed by atoms with Crippen LogP contribution >= 0.6 is 0 Å². The molecule has 2 aliphatic heterocycles. The number of piperidine rings is 2. The van der Waals surface area contributed by atoms with Crippen molar-refractivity contribution in [1.82, 2.24) is 10.6 Å². The molecule has 98 heavy (non-hydrogen) atoms. The third-order valence-corrected chi connectivity index (χ3v) is 24.3. The molecular formula is C92H180N2O4. The number of hydrogen-bond acceptors (Lipinski definition) is 6. The van der Waals surface area contributed by atoms with Crippen molar-refractivity contribution in [2.75, 3.05) is 0 Å². The summed E-state index contributed by atoms with van der Waals surface area (Å²) in [6.07, 6.45) is 96.3. The minimum Gasteiger partial charge on any atom is -0.454 e. The van der Waals surface area contributed by atoms with Crippen LogP contribution in [0, 0.1) is 0 Å². The van der Waals surface area contributed by atoms with Gasteiger partial charge in [-0.15, -0.1) is 0 Å². The van der Waals surface area contributed by atoms with E-state index in [0.29, 0.717) is 0 Å². The van der Waals surface area contributed by atoms with Gasteiger partial charge in [0, 0.05) is 47.8 Å². The number of carbonyl (C=O) groups is 2. The minimum atomic E-state index is -0.690. The summed E-state index contributed by atoms with van der Waals surface area (Å²) in [7, 11) is 0. The second kappa shape index (κ2) is 65.4. The van der Waals surface area contributed by atoms with E-state index in [1.807, 2.05) is 0 Å². The largest absolute Gasteiger partial charge is 0.454 e. The Bertz CT molecular complexity index is 1410. The standard InChI is InChI=1S/C92H180N2O4/c1-9-17-25-33-41-49-57-65-73-89(74-66-58-50-42-34-26-18-10-2)81-85(82-90(93-89,75-67-59-51-43-35-27-19-11-3)76-68-60-52-44-36-28-20-12-4)97-87(95)88(96)98-86-83-91(77-69-61-53-45-37-29-21-13-5,78-70-62-54-46-38-30-22-14-6)94-92(84-86,79-71-63-55-47-39-31-23-15-7)80-72-64-56-48-40-32-24-16-8/h85-86,93-94H,9-84H2,1-8H3. The number of hydrogen-bond donors (Lipinski definition) is 2.